The van der Waals surface area contributed by atoms with E-state index in [1.54, 1.807) is 0 Å². The molecule has 0 unspecified atom stereocenters. The van der Waals surface area contributed by atoms with Gasteiger partial charge in [-0.15, -0.1) is 12.4 Å². The van der Waals surface area contributed by atoms with Crippen molar-refractivity contribution in [2.75, 3.05) is 13.1 Å². The van der Waals surface area contributed by atoms with Gasteiger partial charge >= 0.3 is 5.97 Å². The molecule has 1 aliphatic rings. The monoisotopic (exact) mass is 195 g/mol. The lowest BCUT2D eigenvalue weighted by Crippen LogP contribution is -2.43. The van der Waals surface area contributed by atoms with Gasteiger partial charge < -0.3 is 15.5 Å². The summed E-state index contributed by atoms with van der Waals surface area (Å²) in [6.07, 6.45) is 0.952. The Morgan fingerprint density at radius 2 is 1.92 bits per heavy atom. The fraction of sp³-hybridized carbons (Fsp3) is 0.857. The first-order valence-corrected chi connectivity index (χ1v) is 3.77. The van der Waals surface area contributed by atoms with Crippen LogP contribution in [-0.2, 0) is 4.79 Å². The topological polar surface area (TPSA) is 69.6 Å². The lowest BCUT2D eigenvalue weighted by Gasteiger charge is -2.30. The molecule has 0 aliphatic carbocycles. The van der Waals surface area contributed by atoms with E-state index in [1.807, 2.05) is 0 Å². The third-order valence-electron chi connectivity index (χ3n) is 2.01. The number of hydrogen-bond donors (Lipinski definition) is 3. The predicted octanol–water partition coefficient (Wildman–Crippen LogP) is -0.00260. The maximum atomic E-state index is 10.3. The molecule has 1 fully saturated rings. The van der Waals surface area contributed by atoms with Crippen molar-refractivity contribution in [2.45, 2.75) is 24.9 Å². The van der Waals surface area contributed by atoms with Crippen molar-refractivity contribution >= 4 is 18.4 Å². The van der Waals surface area contributed by atoms with Crippen LogP contribution in [0.15, 0.2) is 0 Å². The van der Waals surface area contributed by atoms with Gasteiger partial charge in [0, 0.05) is 0 Å². The normalized spacial score (nSPS) is 21.1. The summed E-state index contributed by atoms with van der Waals surface area (Å²) in [5, 5.41) is 21.1. The minimum absolute atomic E-state index is 0. The third kappa shape index (κ3) is 3.38. The minimum Gasteiger partial charge on any atom is -0.481 e. The van der Waals surface area contributed by atoms with E-state index >= 15 is 0 Å². The van der Waals surface area contributed by atoms with E-state index in [0.717, 1.165) is 0 Å². The van der Waals surface area contributed by atoms with Crippen LogP contribution >= 0.6 is 12.4 Å². The molecule has 5 heteroatoms. The number of aliphatic hydroxyl groups is 1. The quantitative estimate of drug-likeness (QED) is 0.580. The zero-order valence-electron chi connectivity index (χ0n) is 6.75. The highest BCUT2D eigenvalue weighted by Gasteiger charge is 2.31. The van der Waals surface area contributed by atoms with Crippen molar-refractivity contribution in [2.24, 2.45) is 0 Å². The summed E-state index contributed by atoms with van der Waals surface area (Å²) in [6.45, 7) is 1.42. The molecule has 0 aromatic heterocycles. The summed E-state index contributed by atoms with van der Waals surface area (Å²) in [6, 6.07) is 0. The number of hydrogen-bond acceptors (Lipinski definition) is 3. The first-order chi connectivity index (χ1) is 5.12. The predicted molar refractivity (Wildman–Crippen MR) is 46.6 cm³/mol. The van der Waals surface area contributed by atoms with E-state index in [2.05, 4.69) is 5.32 Å². The fourth-order valence-electron chi connectivity index (χ4n) is 1.35. The van der Waals surface area contributed by atoms with Gasteiger partial charge in [0.2, 0.25) is 0 Å². The van der Waals surface area contributed by atoms with Crippen LogP contribution in [0.2, 0.25) is 0 Å². The lowest BCUT2D eigenvalue weighted by atomic mass is 9.89. The second-order valence-corrected chi connectivity index (χ2v) is 3.04. The van der Waals surface area contributed by atoms with Crippen LogP contribution < -0.4 is 5.32 Å². The summed E-state index contributed by atoms with van der Waals surface area (Å²) in [7, 11) is 0. The van der Waals surface area contributed by atoms with Gasteiger partial charge in [-0.1, -0.05) is 0 Å². The van der Waals surface area contributed by atoms with Crippen LogP contribution in [0, 0.1) is 0 Å². The largest absolute Gasteiger partial charge is 0.481 e. The van der Waals surface area contributed by atoms with Gasteiger partial charge in [0.15, 0.2) is 0 Å². The van der Waals surface area contributed by atoms with E-state index in [4.69, 9.17) is 5.11 Å². The molecule has 0 radical (unpaired) electrons. The first kappa shape index (κ1) is 11.7. The Bertz CT molecular complexity index is 157. The molecular weight excluding hydrogens is 182 g/mol. The molecular formula is C7H14ClNO3. The molecule has 0 saturated carbocycles. The van der Waals surface area contributed by atoms with Crippen molar-refractivity contribution in [3.63, 3.8) is 0 Å². The van der Waals surface area contributed by atoms with Gasteiger partial charge in [0.1, 0.15) is 0 Å². The molecule has 1 aliphatic heterocycles. The summed E-state index contributed by atoms with van der Waals surface area (Å²) in [5.74, 6) is -0.922. The van der Waals surface area contributed by atoms with Crippen molar-refractivity contribution < 1.29 is 15.0 Å². The molecule has 0 aromatic rings. The second kappa shape index (κ2) is 4.64. The lowest BCUT2D eigenvalue weighted by molar-refractivity contribution is -0.143. The van der Waals surface area contributed by atoms with E-state index in [1.165, 1.54) is 0 Å². The Hall–Kier alpha value is -0.320. The van der Waals surface area contributed by atoms with Gasteiger partial charge in [0.05, 0.1) is 12.0 Å². The van der Waals surface area contributed by atoms with Gasteiger partial charge in [-0.2, -0.15) is 0 Å². The van der Waals surface area contributed by atoms with Crippen molar-refractivity contribution in [3.8, 4) is 0 Å². The molecule has 3 N–H and O–H groups in total. The Labute approximate surface area is 77.4 Å². The van der Waals surface area contributed by atoms with Crippen molar-refractivity contribution in [3.05, 3.63) is 0 Å². The second-order valence-electron chi connectivity index (χ2n) is 3.04. The van der Waals surface area contributed by atoms with Crippen LogP contribution in [0.3, 0.4) is 0 Å². The summed E-state index contributed by atoms with van der Waals surface area (Å²) >= 11 is 0. The zero-order chi connectivity index (χ0) is 8.32. The first-order valence-electron chi connectivity index (χ1n) is 3.77. The van der Waals surface area contributed by atoms with E-state index < -0.39 is 11.6 Å². The highest BCUT2D eigenvalue weighted by Crippen LogP contribution is 2.21. The molecule has 72 valence electrons. The molecule has 0 bridgehead atoms. The molecule has 1 heterocycles. The van der Waals surface area contributed by atoms with Crippen LogP contribution in [0.5, 0.6) is 0 Å². The zero-order valence-corrected chi connectivity index (χ0v) is 7.56. The maximum Gasteiger partial charge on any atom is 0.306 e. The number of carboxylic acids is 1. The van der Waals surface area contributed by atoms with Crippen LogP contribution in [0.25, 0.3) is 0 Å². The number of halogens is 1. The van der Waals surface area contributed by atoms with Gasteiger partial charge in [0.25, 0.3) is 0 Å². The molecule has 4 nitrogen and oxygen atoms in total. The highest BCUT2D eigenvalue weighted by molar-refractivity contribution is 5.85. The molecule has 0 atom stereocenters. The number of carboxylic acid groups (broad SMARTS) is 1. The Kier molecular flexibility index (Phi) is 4.52. The van der Waals surface area contributed by atoms with E-state index in [-0.39, 0.29) is 18.8 Å². The Morgan fingerprint density at radius 1 is 1.42 bits per heavy atom. The molecule has 0 spiro atoms. The fourth-order valence-corrected chi connectivity index (χ4v) is 1.35. The Morgan fingerprint density at radius 3 is 2.33 bits per heavy atom. The average molecular weight is 196 g/mol. The average Bonchev–Trinajstić information content (AvgIpc) is 1.85. The van der Waals surface area contributed by atoms with E-state index in [9.17, 15) is 9.90 Å². The van der Waals surface area contributed by atoms with Crippen LogP contribution in [0.1, 0.15) is 19.3 Å². The van der Waals surface area contributed by atoms with Gasteiger partial charge in [-0.05, 0) is 25.9 Å². The maximum absolute atomic E-state index is 10.3. The number of piperidine rings is 1. The summed E-state index contributed by atoms with van der Waals surface area (Å²) in [4.78, 5) is 10.3. The van der Waals surface area contributed by atoms with Gasteiger partial charge in [-0.3, -0.25) is 4.79 Å². The standard InChI is InChI=1S/C7H13NO3.ClH/c9-6(10)5-7(11)1-3-8-4-2-7;/h8,11H,1-5H2,(H,9,10);1H. The van der Waals surface area contributed by atoms with Crippen molar-refractivity contribution in [1.29, 1.82) is 0 Å². The third-order valence-corrected chi connectivity index (χ3v) is 2.01. The Balaban J connectivity index is 0.00000121. The molecule has 0 aromatic carbocycles. The SMILES string of the molecule is Cl.O=C(O)CC1(O)CCNCC1. The van der Waals surface area contributed by atoms with Crippen molar-refractivity contribution in [1.82, 2.24) is 5.32 Å². The number of aliphatic carboxylic acids is 1. The van der Waals surface area contributed by atoms with E-state index in [0.29, 0.717) is 25.9 Å². The minimum atomic E-state index is -0.961. The number of rotatable bonds is 2. The highest BCUT2D eigenvalue weighted by atomic mass is 35.5. The molecule has 1 saturated heterocycles. The molecule has 0 amide bonds. The van der Waals surface area contributed by atoms with Gasteiger partial charge in [-0.25, -0.2) is 0 Å². The molecule has 1 rings (SSSR count). The smallest absolute Gasteiger partial charge is 0.306 e. The molecule has 12 heavy (non-hydrogen) atoms. The van der Waals surface area contributed by atoms with Crippen LogP contribution in [-0.4, -0.2) is 34.9 Å². The van der Waals surface area contributed by atoms with Crippen LogP contribution in [0.4, 0.5) is 0 Å². The summed E-state index contributed by atoms with van der Waals surface area (Å²) < 4.78 is 0. The number of nitrogens with one attached hydrogen (secondary N) is 1. The number of carbonyl (C=O) groups is 1. The summed E-state index contributed by atoms with van der Waals surface area (Å²) in [5.41, 5.74) is -0.961.